The Balaban J connectivity index is 1.59. The number of imidazole rings is 1. The summed E-state index contributed by atoms with van der Waals surface area (Å²) in [5.74, 6) is -0.908. The van der Waals surface area contributed by atoms with Gasteiger partial charge in [-0.05, 0) is 37.1 Å². The Morgan fingerprint density at radius 3 is 2.68 bits per heavy atom. The van der Waals surface area contributed by atoms with Gasteiger partial charge in [-0.25, -0.2) is 4.98 Å². The number of benzene rings is 2. The number of fused-ring (bicyclic) bond motifs is 1. The average Bonchev–Trinajstić information content (AvgIpc) is 3.41. The molecule has 1 aromatic heterocycles. The zero-order valence-electron chi connectivity index (χ0n) is 18.9. The molecule has 2 aromatic carbocycles. The van der Waals surface area contributed by atoms with Crippen LogP contribution in [0.25, 0.3) is 11.0 Å². The average molecular weight is 463 g/mol. The number of hydrogen-bond acceptors (Lipinski definition) is 7. The number of aryl methyl sites for hydroxylation is 2. The first kappa shape index (κ1) is 22.8. The lowest BCUT2D eigenvalue weighted by Crippen LogP contribution is -2.59. The van der Waals surface area contributed by atoms with Crippen LogP contribution in [-0.4, -0.2) is 53.7 Å². The zero-order valence-corrected chi connectivity index (χ0v) is 18.9. The van der Waals surface area contributed by atoms with Crippen molar-refractivity contribution < 1.29 is 19.1 Å². The van der Waals surface area contributed by atoms with E-state index in [1.807, 2.05) is 26.0 Å². The van der Waals surface area contributed by atoms with Crippen molar-refractivity contribution in [2.75, 3.05) is 19.0 Å². The number of rotatable bonds is 7. The molecule has 176 valence electrons. The molecule has 2 heterocycles. The summed E-state index contributed by atoms with van der Waals surface area (Å²) in [6.45, 7) is 3.66. The quantitative estimate of drug-likeness (QED) is 0.345. The number of anilines is 1. The van der Waals surface area contributed by atoms with E-state index in [-0.39, 0.29) is 18.5 Å². The van der Waals surface area contributed by atoms with Crippen molar-refractivity contribution in [3.05, 3.63) is 53.1 Å². The number of nitrogens with two attached hydrogens (primary N) is 1. The molecule has 0 bridgehead atoms. The Labute approximate surface area is 195 Å². The van der Waals surface area contributed by atoms with E-state index in [2.05, 4.69) is 30.9 Å². The fourth-order valence-electron chi connectivity index (χ4n) is 4.03. The van der Waals surface area contributed by atoms with Crippen LogP contribution in [0.15, 0.2) is 41.4 Å². The van der Waals surface area contributed by atoms with Crippen LogP contribution in [0.3, 0.4) is 0 Å². The number of H-pyrrole nitrogens is 1. The second kappa shape index (κ2) is 8.85. The Morgan fingerprint density at radius 2 is 1.97 bits per heavy atom. The maximum atomic E-state index is 13.2. The number of carbonyl (C=O) groups is 3. The van der Waals surface area contributed by atoms with Gasteiger partial charge in [0.15, 0.2) is 18.2 Å². The van der Waals surface area contributed by atoms with Crippen molar-refractivity contribution >= 4 is 41.0 Å². The third-order valence-corrected chi connectivity index (χ3v) is 5.71. The van der Waals surface area contributed by atoms with Crippen molar-refractivity contribution in [1.29, 1.82) is 0 Å². The summed E-state index contributed by atoms with van der Waals surface area (Å²) in [6.07, 6.45) is 1.32. The number of nitrogens with zero attached hydrogens (tertiary/aromatic N) is 2. The number of carbonyl (C=O) groups excluding carboxylic acids is 3. The van der Waals surface area contributed by atoms with Crippen LogP contribution in [0.1, 0.15) is 16.7 Å². The molecule has 1 aliphatic heterocycles. The Kier molecular flexibility index (Phi) is 5.93. The lowest BCUT2D eigenvalue weighted by Gasteiger charge is -2.32. The maximum Gasteiger partial charge on any atom is 0.257 e. The van der Waals surface area contributed by atoms with Crippen LogP contribution >= 0.6 is 0 Å². The van der Waals surface area contributed by atoms with Gasteiger partial charge in [0.1, 0.15) is 5.75 Å². The summed E-state index contributed by atoms with van der Waals surface area (Å²) in [4.78, 5) is 48.9. The summed E-state index contributed by atoms with van der Waals surface area (Å²) in [6, 6.07) is 9.42. The van der Waals surface area contributed by atoms with E-state index < -0.39 is 23.4 Å². The van der Waals surface area contributed by atoms with Gasteiger partial charge < -0.3 is 26.1 Å². The van der Waals surface area contributed by atoms with Gasteiger partial charge in [-0.2, -0.15) is 0 Å². The Hall–Kier alpha value is -4.41. The Morgan fingerprint density at radius 1 is 1.18 bits per heavy atom. The smallest absolute Gasteiger partial charge is 0.257 e. The SMILES string of the molecule is CNC(=O)COc1ccc2nc(NC(=O)C3N=CNC3(C(N)=O)c3ccc(C)cc3C)[nH]c2c1. The van der Waals surface area contributed by atoms with E-state index in [9.17, 15) is 14.4 Å². The second-order valence-corrected chi connectivity index (χ2v) is 8.03. The third-order valence-electron chi connectivity index (χ3n) is 5.71. The maximum absolute atomic E-state index is 13.2. The minimum Gasteiger partial charge on any atom is -0.484 e. The molecule has 6 N–H and O–H groups in total. The van der Waals surface area contributed by atoms with E-state index >= 15 is 0 Å². The van der Waals surface area contributed by atoms with Crippen molar-refractivity contribution in [3.63, 3.8) is 0 Å². The highest BCUT2D eigenvalue weighted by atomic mass is 16.5. The minimum atomic E-state index is -1.53. The number of amides is 3. The van der Waals surface area contributed by atoms with Crippen LogP contribution in [-0.2, 0) is 19.9 Å². The number of hydrogen-bond donors (Lipinski definition) is 5. The number of aromatic nitrogens is 2. The van der Waals surface area contributed by atoms with Crippen LogP contribution < -0.4 is 26.4 Å². The van der Waals surface area contributed by atoms with Crippen molar-refractivity contribution in [1.82, 2.24) is 20.6 Å². The molecule has 0 spiro atoms. The molecule has 3 aromatic rings. The number of aromatic amines is 1. The van der Waals surface area contributed by atoms with Gasteiger partial charge in [-0.3, -0.25) is 24.7 Å². The van der Waals surface area contributed by atoms with Crippen molar-refractivity contribution in [2.45, 2.75) is 25.4 Å². The molecule has 2 unspecified atom stereocenters. The summed E-state index contributed by atoms with van der Waals surface area (Å²) in [7, 11) is 1.52. The van der Waals surface area contributed by atoms with E-state index in [0.717, 1.165) is 11.1 Å². The number of nitrogens with one attached hydrogen (secondary N) is 4. The first-order valence-electron chi connectivity index (χ1n) is 10.6. The number of ether oxygens (including phenoxy) is 1. The van der Waals surface area contributed by atoms with E-state index in [0.29, 0.717) is 22.3 Å². The molecule has 3 amide bonds. The molecule has 1 aliphatic rings. The highest BCUT2D eigenvalue weighted by Crippen LogP contribution is 2.33. The zero-order chi connectivity index (χ0) is 24.5. The number of likely N-dealkylation sites (N-methyl/N-ethyl adjacent to an activating group) is 1. The number of aliphatic imine (C=N–C) groups is 1. The number of primary amides is 1. The highest BCUT2D eigenvalue weighted by molar-refractivity contribution is 6.05. The van der Waals surface area contributed by atoms with Gasteiger partial charge >= 0.3 is 0 Å². The predicted molar refractivity (Wildman–Crippen MR) is 126 cm³/mol. The highest BCUT2D eigenvalue weighted by Gasteiger charge is 2.52. The summed E-state index contributed by atoms with van der Waals surface area (Å²) in [5, 5.41) is 8.08. The fourth-order valence-corrected chi connectivity index (χ4v) is 4.03. The second-order valence-electron chi connectivity index (χ2n) is 8.03. The molecular weight excluding hydrogens is 438 g/mol. The fraction of sp³-hybridized carbons (Fsp3) is 0.261. The normalized spacial score (nSPS) is 19.0. The van der Waals surface area contributed by atoms with Crippen LogP contribution in [0.2, 0.25) is 0 Å². The van der Waals surface area contributed by atoms with E-state index in [4.69, 9.17) is 10.5 Å². The summed E-state index contributed by atoms with van der Waals surface area (Å²) >= 11 is 0. The predicted octanol–water partition coefficient (Wildman–Crippen LogP) is 0.624. The molecule has 11 nitrogen and oxygen atoms in total. The molecule has 2 atom stereocenters. The Bertz CT molecular complexity index is 1320. The first-order valence-corrected chi connectivity index (χ1v) is 10.6. The molecule has 34 heavy (non-hydrogen) atoms. The van der Waals surface area contributed by atoms with Crippen LogP contribution in [0, 0.1) is 13.8 Å². The molecule has 0 fully saturated rings. The molecule has 11 heteroatoms. The third kappa shape index (κ3) is 4.03. The molecule has 0 aliphatic carbocycles. The standard InChI is InChI=1S/C23H25N7O4/c1-12-4-6-15(13(2)8-12)23(21(24)33)19(26-11-27-23)20(32)30-22-28-16-7-5-14(9-17(16)29-22)34-10-18(31)25-3/h4-9,11,19H,10H2,1-3H3,(H2,24,33)(H,25,31)(H,26,27)(H2,28,29,30,32). The van der Waals surface area contributed by atoms with Gasteiger partial charge in [0, 0.05) is 13.1 Å². The van der Waals surface area contributed by atoms with Gasteiger partial charge in [0.2, 0.25) is 5.95 Å². The van der Waals surface area contributed by atoms with Crippen molar-refractivity contribution in [2.24, 2.45) is 10.7 Å². The lowest BCUT2D eigenvalue weighted by atomic mass is 9.80. The van der Waals surface area contributed by atoms with Crippen LogP contribution in [0.4, 0.5) is 5.95 Å². The van der Waals surface area contributed by atoms with Gasteiger partial charge in [0.05, 0.1) is 17.4 Å². The molecule has 0 saturated heterocycles. The molecular formula is C23H25N7O4. The molecule has 4 rings (SSSR count). The van der Waals surface area contributed by atoms with Gasteiger partial charge in [-0.1, -0.05) is 23.8 Å². The van der Waals surface area contributed by atoms with E-state index in [1.165, 1.54) is 13.4 Å². The molecule has 0 radical (unpaired) electrons. The monoisotopic (exact) mass is 463 g/mol. The van der Waals surface area contributed by atoms with Gasteiger partial charge in [-0.15, -0.1) is 0 Å². The first-order chi connectivity index (χ1) is 16.2. The lowest BCUT2D eigenvalue weighted by molar-refractivity contribution is -0.129. The largest absolute Gasteiger partial charge is 0.484 e. The van der Waals surface area contributed by atoms with Crippen molar-refractivity contribution in [3.8, 4) is 5.75 Å². The molecule has 0 saturated carbocycles. The van der Waals surface area contributed by atoms with Crippen LogP contribution in [0.5, 0.6) is 5.75 Å². The minimum absolute atomic E-state index is 0.125. The van der Waals surface area contributed by atoms with Gasteiger partial charge in [0.25, 0.3) is 17.7 Å². The summed E-state index contributed by atoms with van der Waals surface area (Å²) < 4.78 is 5.43. The topological polar surface area (TPSA) is 164 Å². The van der Waals surface area contributed by atoms with E-state index in [1.54, 1.807) is 24.3 Å². The summed E-state index contributed by atoms with van der Waals surface area (Å²) in [5.41, 5.74) is 7.84.